The third-order valence-corrected chi connectivity index (χ3v) is 8.57. The van der Waals surface area contributed by atoms with Crippen LogP contribution in [0.15, 0.2) is 46.4 Å². The maximum Gasteiger partial charge on any atom is 0.286 e. The van der Waals surface area contributed by atoms with Gasteiger partial charge in [-0.05, 0) is 75.2 Å². The van der Waals surface area contributed by atoms with Gasteiger partial charge in [-0.1, -0.05) is 6.07 Å². The number of imidazole rings is 1. The molecule has 1 amide bonds. The van der Waals surface area contributed by atoms with Gasteiger partial charge in [-0.15, -0.1) is 0 Å². The highest BCUT2D eigenvalue weighted by Crippen LogP contribution is 2.32. The lowest BCUT2D eigenvalue weighted by atomic mass is 10.1. The van der Waals surface area contributed by atoms with Crippen molar-refractivity contribution in [2.45, 2.75) is 39.2 Å². The maximum absolute atomic E-state index is 15.3. The van der Waals surface area contributed by atoms with Crippen molar-refractivity contribution in [3.63, 3.8) is 0 Å². The van der Waals surface area contributed by atoms with E-state index >= 15 is 4.39 Å². The number of carbonyl (C=O) groups is 1. The number of carbonyl (C=O) groups excluding carboxylic acids is 1. The molecule has 2 aromatic heterocycles. The number of nitrogens with zero attached hydrogens (tertiary/aromatic N) is 7. The van der Waals surface area contributed by atoms with E-state index in [4.69, 9.17) is 5.10 Å². The summed E-state index contributed by atoms with van der Waals surface area (Å²) in [6, 6.07) is 9.55. The Hall–Kier alpha value is -3.24. The smallest absolute Gasteiger partial charge is 0.286 e. The Morgan fingerprint density at radius 3 is 2.50 bits per heavy atom. The lowest BCUT2D eigenvalue weighted by molar-refractivity contribution is -0.113. The van der Waals surface area contributed by atoms with Crippen molar-refractivity contribution in [2.75, 3.05) is 44.2 Å². The minimum absolute atomic E-state index is 0.227. The quantitative estimate of drug-likeness (QED) is 0.457. The van der Waals surface area contributed by atoms with Gasteiger partial charge in [0.15, 0.2) is 10.8 Å². The van der Waals surface area contributed by atoms with Crippen LogP contribution in [-0.4, -0.2) is 80.8 Å². The average Bonchev–Trinajstić information content (AvgIpc) is 3.52. The number of likely N-dealkylation sites (tertiary alicyclic amines) is 1. The van der Waals surface area contributed by atoms with Gasteiger partial charge in [0.25, 0.3) is 5.91 Å². The topological polar surface area (TPSA) is 69.3 Å². The molecule has 38 heavy (non-hydrogen) atoms. The highest BCUT2D eigenvalue weighted by Gasteiger charge is 2.27. The highest BCUT2D eigenvalue weighted by atomic mass is 32.2. The molecule has 0 unspecified atom stereocenters. The first-order valence-electron chi connectivity index (χ1n) is 13.4. The summed E-state index contributed by atoms with van der Waals surface area (Å²) in [6.07, 6.45) is 6.97. The summed E-state index contributed by atoms with van der Waals surface area (Å²) in [5, 5.41) is 5.51. The Morgan fingerprint density at radius 2 is 1.76 bits per heavy atom. The minimum atomic E-state index is -0.246. The van der Waals surface area contributed by atoms with Crippen molar-refractivity contribution in [2.24, 2.45) is 4.99 Å². The van der Waals surface area contributed by atoms with Crippen LogP contribution in [0.25, 0.3) is 23.0 Å². The second-order valence-electron chi connectivity index (χ2n) is 10.3. The molecule has 5 heterocycles. The summed E-state index contributed by atoms with van der Waals surface area (Å²) >= 11 is 1.41. The van der Waals surface area contributed by atoms with Crippen LogP contribution in [0, 0.1) is 5.82 Å². The Morgan fingerprint density at radius 1 is 0.974 bits per heavy atom. The largest absolute Gasteiger partial charge is 0.367 e. The Balaban J connectivity index is 1.22. The fourth-order valence-electron chi connectivity index (χ4n) is 5.32. The van der Waals surface area contributed by atoms with Gasteiger partial charge in [0, 0.05) is 50.9 Å². The summed E-state index contributed by atoms with van der Waals surface area (Å²) in [4.78, 5) is 28.6. The molecule has 0 aliphatic carbocycles. The molecular formula is C28H32FN7OS. The monoisotopic (exact) mass is 533 g/mol. The first-order chi connectivity index (χ1) is 18.5. The van der Waals surface area contributed by atoms with Crippen molar-refractivity contribution >= 4 is 40.2 Å². The number of amidine groups is 1. The second kappa shape index (κ2) is 10.5. The number of piperazine rings is 1. The van der Waals surface area contributed by atoms with Gasteiger partial charge in [0.05, 0.1) is 28.2 Å². The molecule has 8 nitrogen and oxygen atoms in total. The molecule has 3 aliphatic rings. The molecule has 0 atom stereocenters. The van der Waals surface area contributed by atoms with Crippen LogP contribution in [0.3, 0.4) is 0 Å². The first-order valence-corrected chi connectivity index (χ1v) is 14.2. The lowest BCUT2D eigenvalue weighted by Gasteiger charge is -2.38. The van der Waals surface area contributed by atoms with Gasteiger partial charge >= 0.3 is 0 Å². The molecule has 0 saturated carbocycles. The van der Waals surface area contributed by atoms with Crippen LogP contribution in [0.4, 0.5) is 10.1 Å². The van der Waals surface area contributed by atoms with Crippen molar-refractivity contribution in [3.8, 4) is 11.3 Å². The van der Waals surface area contributed by atoms with Crippen LogP contribution < -0.4 is 4.90 Å². The van der Waals surface area contributed by atoms with E-state index in [9.17, 15) is 4.79 Å². The zero-order valence-electron chi connectivity index (χ0n) is 21.8. The molecule has 10 heteroatoms. The number of amides is 1. The van der Waals surface area contributed by atoms with Crippen LogP contribution >= 0.6 is 11.8 Å². The number of benzene rings is 1. The van der Waals surface area contributed by atoms with Gasteiger partial charge in [-0.2, -0.15) is 10.1 Å². The van der Waals surface area contributed by atoms with Gasteiger partial charge in [0.1, 0.15) is 5.82 Å². The fraction of sp³-hybridized carbons (Fsp3) is 0.429. The van der Waals surface area contributed by atoms with Gasteiger partial charge in [-0.3, -0.25) is 9.69 Å². The Labute approximate surface area is 226 Å². The molecule has 1 aromatic carbocycles. The number of halogens is 1. The molecule has 3 aromatic rings. The number of piperidine rings is 1. The van der Waals surface area contributed by atoms with E-state index < -0.39 is 0 Å². The predicted octanol–water partition coefficient (Wildman–Crippen LogP) is 4.52. The van der Waals surface area contributed by atoms with E-state index in [1.54, 1.807) is 22.9 Å². The van der Waals surface area contributed by atoms with Crippen LogP contribution in [0.5, 0.6) is 0 Å². The third-order valence-electron chi connectivity index (χ3n) is 7.53. The molecule has 0 radical (unpaired) electrons. The molecule has 2 fully saturated rings. The van der Waals surface area contributed by atoms with Gasteiger partial charge in [0.2, 0.25) is 0 Å². The van der Waals surface area contributed by atoms with Crippen molar-refractivity contribution in [1.29, 1.82) is 0 Å². The van der Waals surface area contributed by atoms with Crippen LogP contribution in [-0.2, 0) is 4.79 Å². The van der Waals surface area contributed by atoms with Crippen molar-refractivity contribution in [3.05, 3.63) is 52.9 Å². The molecular weight excluding hydrogens is 501 g/mol. The average molecular weight is 534 g/mol. The molecule has 198 valence electrons. The zero-order chi connectivity index (χ0) is 26.2. The van der Waals surface area contributed by atoms with Crippen LogP contribution in [0.2, 0.25) is 0 Å². The minimum Gasteiger partial charge on any atom is -0.367 e. The van der Waals surface area contributed by atoms with E-state index in [-0.39, 0.29) is 11.7 Å². The van der Waals surface area contributed by atoms with Crippen molar-refractivity contribution in [1.82, 2.24) is 24.4 Å². The number of hydrogen-bond acceptors (Lipinski definition) is 7. The van der Waals surface area contributed by atoms with Gasteiger partial charge < -0.3 is 9.80 Å². The second-order valence-corrected chi connectivity index (χ2v) is 11.3. The van der Waals surface area contributed by atoms with E-state index in [1.807, 2.05) is 24.3 Å². The van der Waals surface area contributed by atoms with E-state index in [1.165, 1.54) is 18.2 Å². The van der Waals surface area contributed by atoms with Crippen LogP contribution in [0.1, 0.15) is 38.8 Å². The molecule has 0 bridgehead atoms. The number of aromatic nitrogens is 3. The molecule has 2 saturated heterocycles. The fourth-order valence-corrected chi connectivity index (χ4v) is 6.27. The zero-order valence-corrected chi connectivity index (χ0v) is 22.6. The SMILES string of the molecule is CC(C)N1CCN(c2ccc(-c3cnc4ccc(C=C5SC(N6CCCCC6)=NC5=O)nn34)cc2F)CC1. The molecule has 3 aliphatic heterocycles. The number of anilines is 1. The third kappa shape index (κ3) is 4.94. The van der Waals surface area contributed by atoms with E-state index in [2.05, 4.69) is 38.5 Å². The number of aliphatic imine (C=N–C) groups is 1. The van der Waals surface area contributed by atoms with Crippen molar-refractivity contribution < 1.29 is 9.18 Å². The normalized spacial score (nSPS) is 20.3. The van der Waals surface area contributed by atoms with Gasteiger partial charge in [-0.25, -0.2) is 13.9 Å². The Kier molecular flexibility index (Phi) is 6.92. The standard InChI is InChI=1S/C28H32FN7OS/c1-19(2)33-12-14-34(15-13-33)23-8-6-20(16-22(23)29)24-18-30-26-9-7-21(32-36(24)26)17-25-27(37)31-28(38-25)35-10-4-3-5-11-35/h6-9,16-19H,3-5,10-15H2,1-2H3. The summed E-state index contributed by atoms with van der Waals surface area (Å²) in [5.41, 5.74) is 3.32. The van der Waals surface area contributed by atoms with E-state index in [0.717, 1.165) is 57.3 Å². The molecule has 6 rings (SSSR count). The number of thioether (sulfide) groups is 1. The number of fused-ring (bicyclic) bond motifs is 1. The predicted molar refractivity (Wildman–Crippen MR) is 151 cm³/mol. The summed E-state index contributed by atoms with van der Waals surface area (Å²) < 4.78 is 17.0. The summed E-state index contributed by atoms with van der Waals surface area (Å²) in [5.74, 6) is -0.473. The maximum atomic E-state index is 15.3. The number of hydrogen-bond donors (Lipinski definition) is 0. The molecule has 0 spiro atoms. The first kappa shape index (κ1) is 25.1. The lowest BCUT2D eigenvalue weighted by Crippen LogP contribution is -2.49. The highest BCUT2D eigenvalue weighted by molar-refractivity contribution is 8.18. The number of rotatable bonds is 4. The molecule has 0 N–H and O–H groups in total. The Bertz CT molecular complexity index is 1420. The summed E-state index contributed by atoms with van der Waals surface area (Å²) in [6.45, 7) is 9.76. The summed E-state index contributed by atoms with van der Waals surface area (Å²) in [7, 11) is 0. The van der Waals surface area contributed by atoms with E-state index in [0.29, 0.717) is 39.2 Å².